The molecule has 2 rings (SSSR count). The molecule has 0 saturated carbocycles. The average molecular weight is 347 g/mol. The number of nitrogens with zero attached hydrogens (tertiary/aromatic N) is 1. The Morgan fingerprint density at radius 3 is 2.68 bits per heavy atom. The van der Waals surface area contributed by atoms with Crippen LogP contribution in [-0.4, -0.2) is 44.7 Å². The first-order valence-corrected chi connectivity index (χ1v) is 7.75. The Labute approximate surface area is 143 Å². The van der Waals surface area contributed by atoms with Crippen molar-refractivity contribution in [3.63, 3.8) is 0 Å². The predicted molar refractivity (Wildman–Crippen MR) is 92.0 cm³/mol. The van der Waals surface area contributed by atoms with Gasteiger partial charge in [0.25, 0.3) is 0 Å². The molecule has 1 aromatic carbocycles. The Morgan fingerprint density at radius 1 is 1.41 bits per heavy atom. The number of carbonyl (C=O) groups is 1. The van der Waals surface area contributed by atoms with Crippen LogP contribution in [-0.2, 0) is 11.3 Å². The van der Waals surface area contributed by atoms with Crippen molar-refractivity contribution in [1.82, 2.24) is 10.2 Å². The normalized spacial score (nSPS) is 16.1. The molecule has 1 aliphatic rings. The number of benzene rings is 1. The lowest BCUT2D eigenvalue weighted by Crippen LogP contribution is -2.36. The molecule has 1 aromatic rings. The van der Waals surface area contributed by atoms with Crippen molar-refractivity contribution in [3.8, 4) is 0 Å². The highest BCUT2D eigenvalue weighted by Crippen LogP contribution is 2.23. The molecule has 4 nitrogen and oxygen atoms in total. The van der Waals surface area contributed by atoms with Gasteiger partial charge in [0.2, 0.25) is 0 Å². The van der Waals surface area contributed by atoms with E-state index in [2.05, 4.69) is 10.2 Å². The second-order valence-electron chi connectivity index (χ2n) is 5.57. The van der Waals surface area contributed by atoms with Gasteiger partial charge in [-0.15, -0.1) is 12.4 Å². The fourth-order valence-corrected chi connectivity index (χ4v) is 3.00. The van der Waals surface area contributed by atoms with E-state index in [9.17, 15) is 4.79 Å². The van der Waals surface area contributed by atoms with Gasteiger partial charge < -0.3 is 10.1 Å². The molecule has 0 aliphatic carbocycles. The second kappa shape index (κ2) is 9.36. The van der Waals surface area contributed by atoms with Crippen LogP contribution in [0.3, 0.4) is 0 Å². The van der Waals surface area contributed by atoms with Gasteiger partial charge in [-0.3, -0.25) is 4.90 Å². The topological polar surface area (TPSA) is 41.6 Å². The summed E-state index contributed by atoms with van der Waals surface area (Å²) in [7, 11) is 3.40. The molecule has 0 atom stereocenters. The van der Waals surface area contributed by atoms with Crippen molar-refractivity contribution in [2.75, 3.05) is 33.8 Å². The first-order valence-electron chi connectivity index (χ1n) is 7.37. The molecule has 0 amide bonds. The second-order valence-corrected chi connectivity index (χ2v) is 5.98. The first-order chi connectivity index (χ1) is 10.1. The fourth-order valence-electron chi connectivity index (χ4n) is 2.82. The standard InChI is InChI=1S/C16H23ClN2O2.ClH/c1-18-10-12-5-7-19(8-6-12)11-14-9-13(16(20)21-2)3-4-15(14)17;/h3-4,9,12,18H,5-8,10-11H2,1-2H3;1H. The molecule has 0 unspecified atom stereocenters. The van der Waals surface area contributed by atoms with E-state index in [1.165, 1.54) is 20.0 Å². The van der Waals surface area contributed by atoms with E-state index in [1.54, 1.807) is 12.1 Å². The molecule has 0 radical (unpaired) electrons. The number of nitrogens with one attached hydrogen (secondary N) is 1. The van der Waals surface area contributed by atoms with E-state index in [1.807, 2.05) is 13.1 Å². The van der Waals surface area contributed by atoms with Crippen LogP contribution >= 0.6 is 24.0 Å². The van der Waals surface area contributed by atoms with Crippen molar-refractivity contribution >= 4 is 30.0 Å². The van der Waals surface area contributed by atoms with Crippen molar-refractivity contribution in [2.24, 2.45) is 5.92 Å². The average Bonchev–Trinajstić information content (AvgIpc) is 2.51. The lowest BCUT2D eigenvalue weighted by Gasteiger charge is -2.32. The van der Waals surface area contributed by atoms with Gasteiger partial charge in [-0.05, 0) is 69.2 Å². The zero-order valence-electron chi connectivity index (χ0n) is 13.1. The summed E-state index contributed by atoms with van der Waals surface area (Å²) in [6.07, 6.45) is 2.41. The number of carbonyl (C=O) groups excluding carboxylic acids is 1. The van der Waals surface area contributed by atoms with E-state index in [4.69, 9.17) is 16.3 Å². The number of piperidine rings is 1. The highest BCUT2D eigenvalue weighted by molar-refractivity contribution is 6.31. The van der Waals surface area contributed by atoms with Gasteiger partial charge in [0, 0.05) is 11.6 Å². The first kappa shape index (κ1) is 19.2. The van der Waals surface area contributed by atoms with Crippen LogP contribution in [0.2, 0.25) is 5.02 Å². The minimum atomic E-state index is -0.319. The molecule has 1 heterocycles. The van der Waals surface area contributed by atoms with Crippen molar-refractivity contribution in [3.05, 3.63) is 34.3 Å². The van der Waals surface area contributed by atoms with Crippen LogP contribution in [0.25, 0.3) is 0 Å². The molecule has 1 fully saturated rings. The van der Waals surface area contributed by atoms with Crippen molar-refractivity contribution in [2.45, 2.75) is 19.4 Å². The SMILES string of the molecule is CNCC1CCN(Cc2cc(C(=O)OC)ccc2Cl)CC1.Cl. The summed E-state index contributed by atoms with van der Waals surface area (Å²) in [5, 5.41) is 3.95. The number of hydrogen-bond donors (Lipinski definition) is 1. The van der Waals surface area contributed by atoms with E-state index in [-0.39, 0.29) is 18.4 Å². The van der Waals surface area contributed by atoms with Crippen LogP contribution in [0.4, 0.5) is 0 Å². The third kappa shape index (κ3) is 5.13. The van der Waals surface area contributed by atoms with Gasteiger partial charge in [-0.2, -0.15) is 0 Å². The zero-order chi connectivity index (χ0) is 15.2. The maximum absolute atomic E-state index is 11.6. The summed E-state index contributed by atoms with van der Waals surface area (Å²) < 4.78 is 4.76. The minimum Gasteiger partial charge on any atom is -0.465 e. The number of esters is 1. The fraction of sp³-hybridized carbons (Fsp3) is 0.562. The third-order valence-electron chi connectivity index (χ3n) is 4.06. The van der Waals surface area contributed by atoms with Gasteiger partial charge in [-0.25, -0.2) is 4.79 Å². The molecule has 1 saturated heterocycles. The van der Waals surface area contributed by atoms with E-state index >= 15 is 0 Å². The van der Waals surface area contributed by atoms with Crippen LogP contribution in [0, 0.1) is 5.92 Å². The number of likely N-dealkylation sites (tertiary alicyclic amines) is 1. The molecule has 1 N–H and O–H groups in total. The van der Waals surface area contributed by atoms with Gasteiger partial charge >= 0.3 is 5.97 Å². The predicted octanol–water partition coefficient (Wildman–Crippen LogP) is 2.98. The molecule has 22 heavy (non-hydrogen) atoms. The Bertz CT molecular complexity index is 489. The van der Waals surface area contributed by atoms with Crippen molar-refractivity contribution in [1.29, 1.82) is 0 Å². The van der Waals surface area contributed by atoms with Crippen LogP contribution < -0.4 is 5.32 Å². The number of ether oxygens (including phenoxy) is 1. The smallest absolute Gasteiger partial charge is 0.337 e. The number of halogens is 2. The van der Waals surface area contributed by atoms with Gasteiger partial charge in [0.05, 0.1) is 12.7 Å². The van der Waals surface area contributed by atoms with E-state index < -0.39 is 0 Å². The molecular formula is C16H24Cl2N2O2. The number of hydrogen-bond acceptors (Lipinski definition) is 4. The Hall–Kier alpha value is -0.810. The van der Waals surface area contributed by atoms with Crippen LogP contribution in [0.1, 0.15) is 28.8 Å². The zero-order valence-corrected chi connectivity index (χ0v) is 14.7. The summed E-state index contributed by atoms with van der Waals surface area (Å²) in [6, 6.07) is 5.32. The van der Waals surface area contributed by atoms with E-state index in [0.717, 1.165) is 37.7 Å². The summed E-state index contributed by atoms with van der Waals surface area (Å²) in [4.78, 5) is 14.0. The highest BCUT2D eigenvalue weighted by atomic mass is 35.5. The van der Waals surface area contributed by atoms with Crippen LogP contribution in [0.5, 0.6) is 0 Å². The Kier molecular flexibility index (Phi) is 8.18. The van der Waals surface area contributed by atoms with E-state index in [0.29, 0.717) is 10.6 Å². The molecule has 124 valence electrons. The summed E-state index contributed by atoms with van der Waals surface area (Å²) in [5.41, 5.74) is 1.55. The molecule has 0 aromatic heterocycles. The quantitative estimate of drug-likeness (QED) is 0.832. The molecule has 1 aliphatic heterocycles. The highest BCUT2D eigenvalue weighted by Gasteiger charge is 2.19. The minimum absolute atomic E-state index is 0. The number of methoxy groups -OCH3 is 1. The maximum Gasteiger partial charge on any atom is 0.337 e. The van der Waals surface area contributed by atoms with Gasteiger partial charge in [-0.1, -0.05) is 11.6 Å². The lowest BCUT2D eigenvalue weighted by molar-refractivity contribution is 0.0600. The third-order valence-corrected chi connectivity index (χ3v) is 4.43. The van der Waals surface area contributed by atoms with Crippen molar-refractivity contribution < 1.29 is 9.53 Å². The Morgan fingerprint density at radius 2 is 2.09 bits per heavy atom. The van der Waals surface area contributed by atoms with Gasteiger partial charge in [0.15, 0.2) is 0 Å². The molecule has 0 spiro atoms. The maximum atomic E-state index is 11.6. The lowest BCUT2D eigenvalue weighted by atomic mass is 9.96. The molecule has 0 bridgehead atoms. The Balaban J connectivity index is 0.00000242. The van der Waals surface area contributed by atoms with Crippen LogP contribution in [0.15, 0.2) is 18.2 Å². The summed E-state index contributed by atoms with van der Waals surface area (Å²) in [5.74, 6) is 0.448. The summed E-state index contributed by atoms with van der Waals surface area (Å²) in [6.45, 7) is 4.03. The summed E-state index contributed by atoms with van der Waals surface area (Å²) >= 11 is 6.25. The molecular weight excluding hydrogens is 323 g/mol. The van der Waals surface area contributed by atoms with Gasteiger partial charge in [0.1, 0.15) is 0 Å². The molecule has 6 heteroatoms. The largest absolute Gasteiger partial charge is 0.465 e. The monoisotopic (exact) mass is 346 g/mol. The number of rotatable bonds is 5.